The molecule has 0 aromatic carbocycles. The van der Waals surface area contributed by atoms with E-state index in [1.54, 1.807) is 30.1 Å². The maximum atomic E-state index is 13.0. The number of rotatable bonds is 4. The lowest BCUT2D eigenvalue weighted by atomic mass is 10.1. The number of alkyl halides is 1. The Labute approximate surface area is 71.4 Å². The van der Waals surface area contributed by atoms with Crippen LogP contribution in [0.15, 0.2) is 18.5 Å². The molecule has 0 spiro atoms. The van der Waals surface area contributed by atoms with E-state index in [9.17, 15) is 4.39 Å². The summed E-state index contributed by atoms with van der Waals surface area (Å²) in [6.07, 6.45) is 2.96. The molecule has 0 unspecified atom stereocenters. The van der Waals surface area contributed by atoms with Gasteiger partial charge < -0.3 is 5.73 Å². The third-order valence-electron chi connectivity index (χ3n) is 1.81. The molecule has 4 heteroatoms. The lowest BCUT2D eigenvalue weighted by molar-refractivity contribution is 0.252. The van der Waals surface area contributed by atoms with Crippen LogP contribution in [0.3, 0.4) is 0 Å². The highest BCUT2D eigenvalue weighted by molar-refractivity contribution is 4.80. The molecule has 1 aromatic heterocycles. The summed E-state index contributed by atoms with van der Waals surface area (Å²) >= 11 is 0. The molecule has 0 aliphatic heterocycles. The molecule has 1 aromatic rings. The van der Waals surface area contributed by atoms with Gasteiger partial charge in [0.05, 0.1) is 12.6 Å². The first-order chi connectivity index (χ1) is 5.74. The largest absolute Gasteiger partial charge is 0.324 e. The van der Waals surface area contributed by atoms with Gasteiger partial charge in [0, 0.05) is 12.4 Å². The van der Waals surface area contributed by atoms with E-state index in [0.717, 1.165) is 0 Å². The molecule has 0 radical (unpaired) electrons. The Morgan fingerprint density at radius 2 is 2.42 bits per heavy atom. The van der Waals surface area contributed by atoms with Gasteiger partial charge in [-0.2, -0.15) is 5.10 Å². The summed E-state index contributed by atoms with van der Waals surface area (Å²) in [5, 5.41) is 3.94. The first-order valence-electron chi connectivity index (χ1n) is 4.11. The second kappa shape index (κ2) is 4.21. The van der Waals surface area contributed by atoms with Crippen molar-refractivity contribution in [2.75, 3.05) is 0 Å². The van der Waals surface area contributed by atoms with Crippen LogP contribution >= 0.6 is 0 Å². The van der Waals surface area contributed by atoms with Crippen LogP contribution in [0.5, 0.6) is 0 Å². The predicted molar refractivity (Wildman–Crippen MR) is 45.4 cm³/mol. The van der Waals surface area contributed by atoms with Crippen molar-refractivity contribution in [1.29, 1.82) is 0 Å². The Hall–Kier alpha value is -0.900. The minimum atomic E-state index is -0.936. The van der Waals surface area contributed by atoms with Crippen LogP contribution in [0.1, 0.15) is 13.3 Å². The van der Waals surface area contributed by atoms with Crippen molar-refractivity contribution in [2.45, 2.75) is 32.1 Å². The number of nitrogens with two attached hydrogens (primary N) is 1. The summed E-state index contributed by atoms with van der Waals surface area (Å²) in [4.78, 5) is 0. The minimum absolute atomic E-state index is 0.446. The molecule has 0 aliphatic carbocycles. The molecule has 1 rings (SSSR count). The van der Waals surface area contributed by atoms with Crippen molar-refractivity contribution in [1.82, 2.24) is 9.78 Å². The molecule has 3 nitrogen and oxygen atoms in total. The Morgan fingerprint density at radius 1 is 1.67 bits per heavy atom. The van der Waals surface area contributed by atoms with Crippen LogP contribution in [0.2, 0.25) is 0 Å². The van der Waals surface area contributed by atoms with Crippen LogP contribution in [0, 0.1) is 0 Å². The van der Waals surface area contributed by atoms with E-state index in [1.165, 1.54) is 0 Å². The Kier molecular flexibility index (Phi) is 3.22. The maximum Gasteiger partial charge on any atom is 0.117 e. The van der Waals surface area contributed by atoms with Crippen LogP contribution < -0.4 is 5.73 Å². The van der Waals surface area contributed by atoms with Crippen molar-refractivity contribution < 1.29 is 4.39 Å². The van der Waals surface area contributed by atoms with E-state index in [2.05, 4.69) is 5.10 Å². The minimum Gasteiger partial charge on any atom is -0.324 e. The van der Waals surface area contributed by atoms with Crippen molar-refractivity contribution in [3.63, 3.8) is 0 Å². The SMILES string of the molecule is CC[C@@H](F)[C@H](N)Cn1cccn1. The second-order valence-electron chi connectivity index (χ2n) is 2.82. The Morgan fingerprint density at radius 3 is 2.92 bits per heavy atom. The van der Waals surface area contributed by atoms with E-state index in [4.69, 9.17) is 5.73 Å². The molecule has 0 aliphatic rings. The molecule has 2 N–H and O–H groups in total. The van der Waals surface area contributed by atoms with Gasteiger partial charge in [-0.1, -0.05) is 6.92 Å². The number of halogens is 1. The molecule has 2 atom stereocenters. The summed E-state index contributed by atoms with van der Waals surface area (Å²) in [6, 6.07) is 1.35. The van der Waals surface area contributed by atoms with Gasteiger partial charge >= 0.3 is 0 Å². The average Bonchev–Trinajstić information content (AvgIpc) is 2.55. The molecule has 0 fully saturated rings. The summed E-state index contributed by atoms with van der Waals surface area (Å²) in [5.41, 5.74) is 5.58. The highest BCUT2D eigenvalue weighted by Crippen LogP contribution is 2.03. The molecule has 0 saturated heterocycles. The molecule has 68 valence electrons. The lowest BCUT2D eigenvalue weighted by Crippen LogP contribution is -2.35. The summed E-state index contributed by atoms with van der Waals surface area (Å²) in [6.45, 7) is 2.23. The first-order valence-corrected chi connectivity index (χ1v) is 4.11. The zero-order valence-corrected chi connectivity index (χ0v) is 7.15. The second-order valence-corrected chi connectivity index (χ2v) is 2.82. The molecule has 0 amide bonds. The van der Waals surface area contributed by atoms with Gasteiger partial charge in [-0.25, -0.2) is 4.39 Å². The summed E-state index contributed by atoms with van der Waals surface area (Å²) < 4.78 is 14.6. The molecular formula is C8H14FN3. The molecular weight excluding hydrogens is 157 g/mol. The highest BCUT2D eigenvalue weighted by atomic mass is 19.1. The quantitative estimate of drug-likeness (QED) is 0.733. The van der Waals surface area contributed by atoms with Crippen molar-refractivity contribution in [3.8, 4) is 0 Å². The zero-order valence-electron chi connectivity index (χ0n) is 7.15. The number of hydrogen-bond acceptors (Lipinski definition) is 2. The van der Waals surface area contributed by atoms with Gasteiger partial charge in [0.2, 0.25) is 0 Å². The Balaban J connectivity index is 2.41. The van der Waals surface area contributed by atoms with E-state index >= 15 is 0 Å². The fourth-order valence-corrected chi connectivity index (χ4v) is 1.04. The number of hydrogen-bond donors (Lipinski definition) is 1. The lowest BCUT2D eigenvalue weighted by Gasteiger charge is -2.14. The molecule has 12 heavy (non-hydrogen) atoms. The monoisotopic (exact) mass is 171 g/mol. The fourth-order valence-electron chi connectivity index (χ4n) is 1.04. The van der Waals surface area contributed by atoms with Crippen LogP contribution in [0.4, 0.5) is 4.39 Å². The highest BCUT2D eigenvalue weighted by Gasteiger charge is 2.14. The molecule has 0 bridgehead atoms. The van der Waals surface area contributed by atoms with Crippen LogP contribution in [-0.2, 0) is 6.54 Å². The average molecular weight is 171 g/mol. The topological polar surface area (TPSA) is 43.8 Å². The van der Waals surface area contributed by atoms with E-state index in [1.807, 2.05) is 0 Å². The van der Waals surface area contributed by atoms with Gasteiger partial charge in [0.1, 0.15) is 6.17 Å². The van der Waals surface area contributed by atoms with Crippen molar-refractivity contribution in [2.24, 2.45) is 5.73 Å². The van der Waals surface area contributed by atoms with Gasteiger partial charge in [-0.15, -0.1) is 0 Å². The predicted octanol–water partition coefficient (Wildman–Crippen LogP) is 0.959. The third kappa shape index (κ3) is 2.30. The standard InChI is InChI=1S/C8H14FN3/c1-2-7(9)8(10)6-12-5-3-4-11-12/h3-5,7-8H,2,6,10H2,1H3/t7-,8-/m1/s1. The summed E-state index contributed by atoms with van der Waals surface area (Å²) in [5.74, 6) is 0. The normalized spacial score (nSPS) is 15.9. The smallest absolute Gasteiger partial charge is 0.117 e. The van der Waals surface area contributed by atoms with Crippen LogP contribution in [0.25, 0.3) is 0 Å². The molecule has 0 saturated carbocycles. The first kappa shape index (κ1) is 9.19. The van der Waals surface area contributed by atoms with Crippen molar-refractivity contribution >= 4 is 0 Å². The van der Waals surface area contributed by atoms with Gasteiger partial charge in [0.25, 0.3) is 0 Å². The van der Waals surface area contributed by atoms with Gasteiger partial charge in [0.15, 0.2) is 0 Å². The van der Waals surface area contributed by atoms with Gasteiger partial charge in [-0.3, -0.25) is 4.68 Å². The number of nitrogens with zero attached hydrogens (tertiary/aromatic N) is 2. The Bertz CT molecular complexity index is 210. The summed E-state index contributed by atoms with van der Waals surface area (Å²) in [7, 11) is 0. The fraction of sp³-hybridized carbons (Fsp3) is 0.625. The van der Waals surface area contributed by atoms with Gasteiger partial charge in [-0.05, 0) is 12.5 Å². The number of aromatic nitrogens is 2. The maximum absolute atomic E-state index is 13.0. The van der Waals surface area contributed by atoms with E-state index < -0.39 is 12.2 Å². The van der Waals surface area contributed by atoms with Crippen LogP contribution in [-0.4, -0.2) is 22.0 Å². The van der Waals surface area contributed by atoms with E-state index in [0.29, 0.717) is 13.0 Å². The zero-order chi connectivity index (χ0) is 8.97. The van der Waals surface area contributed by atoms with Crippen molar-refractivity contribution in [3.05, 3.63) is 18.5 Å². The van der Waals surface area contributed by atoms with E-state index in [-0.39, 0.29) is 0 Å². The third-order valence-corrected chi connectivity index (χ3v) is 1.81. The molecule has 1 heterocycles.